The van der Waals surface area contributed by atoms with Crippen LogP contribution in [0.1, 0.15) is 5.82 Å². The van der Waals surface area contributed by atoms with Gasteiger partial charge in [0, 0.05) is 26.2 Å². The van der Waals surface area contributed by atoms with E-state index in [0.717, 1.165) is 24.0 Å². The number of morpholine rings is 1. The van der Waals surface area contributed by atoms with E-state index in [9.17, 15) is 0 Å². The number of nitrogens with zero attached hydrogens (tertiary/aromatic N) is 3. The number of hydrogen-bond donors (Lipinski definition) is 2. The molecule has 1 aromatic rings. The summed E-state index contributed by atoms with van der Waals surface area (Å²) in [6.07, 6.45) is -0.128. The van der Waals surface area contributed by atoms with Gasteiger partial charge in [0.2, 0.25) is 0 Å². The Morgan fingerprint density at radius 3 is 3.12 bits per heavy atom. The highest BCUT2D eigenvalue weighted by Gasteiger charge is 2.21. The van der Waals surface area contributed by atoms with Crippen LogP contribution in [0.5, 0.6) is 0 Å². The number of hydrogen-bond acceptors (Lipinski definition) is 6. The van der Waals surface area contributed by atoms with Crippen molar-refractivity contribution in [3.8, 4) is 0 Å². The number of aromatic nitrogens is 2. The summed E-state index contributed by atoms with van der Waals surface area (Å²) in [5, 5.41) is 12.1. The molecular formula is C11H18N4O2. The normalized spacial score (nSPS) is 20.4. The Morgan fingerprint density at radius 1 is 1.59 bits per heavy atom. The maximum Gasteiger partial charge on any atom is 0.134 e. The van der Waals surface area contributed by atoms with Crippen LogP contribution in [0, 0.1) is 6.92 Å². The fourth-order valence-corrected chi connectivity index (χ4v) is 1.88. The zero-order chi connectivity index (χ0) is 12.3. The van der Waals surface area contributed by atoms with Crippen molar-refractivity contribution in [2.24, 2.45) is 0 Å². The van der Waals surface area contributed by atoms with Gasteiger partial charge in [-0.25, -0.2) is 9.97 Å². The molecule has 1 unspecified atom stereocenters. The zero-order valence-electron chi connectivity index (χ0n) is 10.2. The van der Waals surface area contributed by atoms with Crippen LogP contribution in [-0.2, 0) is 4.74 Å². The summed E-state index contributed by atoms with van der Waals surface area (Å²) < 4.78 is 5.41. The lowest BCUT2D eigenvalue weighted by molar-refractivity contribution is 0.00335. The van der Waals surface area contributed by atoms with Gasteiger partial charge >= 0.3 is 0 Å². The topological polar surface area (TPSA) is 70.5 Å². The third-order valence-corrected chi connectivity index (χ3v) is 2.75. The molecule has 94 valence electrons. The van der Waals surface area contributed by atoms with E-state index in [1.54, 1.807) is 0 Å². The first-order valence-corrected chi connectivity index (χ1v) is 5.73. The highest BCUT2D eigenvalue weighted by atomic mass is 16.5. The molecule has 0 radical (unpaired) electrons. The van der Waals surface area contributed by atoms with Crippen molar-refractivity contribution in [3.05, 3.63) is 11.9 Å². The number of aryl methyl sites for hydroxylation is 1. The first kappa shape index (κ1) is 12.1. The average molecular weight is 238 g/mol. The van der Waals surface area contributed by atoms with Gasteiger partial charge in [0.1, 0.15) is 17.5 Å². The van der Waals surface area contributed by atoms with Crippen molar-refractivity contribution in [1.29, 1.82) is 0 Å². The summed E-state index contributed by atoms with van der Waals surface area (Å²) in [6, 6.07) is 1.91. The van der Waals surface area contributed by atoms with Crippen molar-refractivity contribution >= 4 is 11.6 Å². The minimum Gasteiger partial charge on any atom is -0.394 e. The molecule has 0 aliphatic carbocycles. The van der Waals surface area contributed by atoms with Crippen LogP contribution in [0.3, 0.4) is 0 Å². The molecule has 1 saturated heterocycles. The molecule has 6 nitrogen and oxygen atoms in total. The molecule has 1 fully saturated rings. The molecular weight excluding hydrogens is 220 g/mol. The Hall–Kier alpha value is -1.40. The van der Waals surface area contributed by atoms with Crippen molar-refractivity contribution in [1.82, 2.24) is 9.97 Å². The molecule has 0 saturated carbocycles. The summed E-state index contributed by atoms with van der Waals surface area (Å²) in [5.41, 5.74) is 0. The molecule has 2 rings (SSSR count). The van der Waals surface area contributed by atoms with E-state index in [4.69, 9.17) is 9.84 Å². The summed E-state index contributed by atoms with van der Waals surface area (Å²) >= 11 is 0. The van der Waals surface area contributed by atoms with E-state index >= 15 is 0 Å². The Kier molecular flexibility index (Phi) is 3.75. The van der Waals surface area contributed by atoms with Gasteiger partial charge < -0.3 is 20.1 Å². The van der Waals surface area contributed by atoms with E-state index in [0.29, 0.717) is 13.2 Å². The predicted molar refractivity (Wildman–Crippen MR) is 65.4 cm³/mol. The summed E-state index contributed by atoms with van der Waals surface area (Å²) in [5.74, 6) is 2.42. The third-order valence-electron chi connectivity index (χ3n) is 2.75. The van der Waals surface area contributed by atoms with E-state index < -0.39 is 0 Å². The van der Waals surface area contributed by atoms with Crippen LogP contribution in [-0.4, -0.2) is 54.5 Å². The van der Waals surface area contributed by atoms with E-state index in [1.165, 1.54) is 0 Å². The molecule has 17 heavy (non-hydrogen) atoms. The maximum absolute atomic E-state index is 9.11. The molecule has 0 aromatic carbocycles. The second-order valence-corrected chi connectivity index (χ2v) is 4.03. The molecule has 2 heterocycles. The van der Waals surface area contributed by atoms with Crippen LogP contribution >= 0.6 is 0 Å². The highest BCUT2D eigenvalue weighted by Crippen LogP contribution is 2.18. The van der Waals surface area contributed by atoms with Crippen molar-refractivity contribution < 1.29 is 9.84 Å². The average Bonchev–Trinajstić information content (AvgIpc) is 2.38. The molecule has 0 bridgehead atoms. The smallest absolute Gasteiger partial charge is 0.134 e. The Labute approximate surface area is 101 Å². The summed E-state index contributed by atoms with van der Waals surface area (Å²) in [4.78, 5) is 10.8. The first-order valence-electron chi connectivity index (χ1n) is 5.73. The quantitative estimate of drug-likeness (QED) is 0.774. The van der Waals surface area contributed by atoms with Crippen LogP contribution in [0.4, 0.5) is 11.6 Å². The van der Waals surface area contributed by atoms with Crippen LogP contribution < -0.4 is 10.2 Å². The van der Waals surface area contributed by atoms with Gasteiger partial charge in [-0.1, -0.05) is 0 Å². The molecule has 1 aromatic heterocycles. The highest BCUT2D eigenvalue weighted by molar-refractivity contribution is 5.49. The number of aliphatic hydroxyl groups is 1. The Balaban J connectivity index is 2.18. The number of nitrogens with one attached hydrogen (secondary N) is 1. The van der Waals surface area contributed by atoms with Gasteiger partial charge in [0.15, 0.2) is 0 Å². The van der Waals surface area contributed by atoms with Gasteiger partial charge in [-0.3, -0.25) is 0 Å². The molecule has 1 aliphatic rings. The number of anilines is 2. The van der Waals surface area contributed by atoms with E-state index in [1.807, 2.05) is 20.0 Å². The minimum atomic E-state index is -0.128. The maximum atomic E-state index is 9.11. The van der Waals surface area contributed by atoms with Crippen molar-refractivity contribution in [2.45, 2.75) is 13.0 Å². The van der Waals surface area contributed by atoms with Crippen LogP contribution in [0.15, 0.2) is 6.07 Å². The lowest BCUT2D eigenvalue weighted by Gasteiger charge is -2.33. The van der Waals surface area contributed by atoms with Gasteiger partial charge in [0.05, 0.1) is 19.3 Å². The zero-order valence-corrected chi connectivity index (χ0v) is 10.2. The first-order chi connectivity index (χ1) is 8.22. The monoisotopic (exact) mass is 238 g/mol. The number of aliphatic hydroxyl groups excluding tert-OH is 1. The van der Waals surface area contributed by atoms with Crippen molar-refractivity contribution in [2.75, 3.05) is 43.6 Å². The van der Waals surface area contributed by atoms with Gasteiger partial charge in [-0.15, -0.1) is 0 Å². The largest absolute Gasteiger partial charge is 0.394 e. The molecule has 0 spiro atoms. The molecule has 0 amide bonds. The van der Waals surface area contributed by atoms with Crippen LogP contribution in [0.2, 0.25) is 0 Å². The minimum absolute atomic E-state index is 0.0411. The SMILES string of the molecule is CNc1cc(N2CCOC(CO)C2)nc(C)n1. The summed E-state index contributed by atoms with van der Waals surface area (Å²) in [7, 11) is 1.83. The van der Waals surface area contributed by atoms with Crippen LogP contribution in [0.25, 0.3) is 0 Å². The molecule has 1 atom stereocenters. The van der Waals surface area contributed by atoms with E-state index in [2.05, 4.69) is 20.2 Å². The van der Waals surface area contributed by atoms with Gasteiger partial charge in [-0.2, -0.15) is 0 Å². The number of rotatable bonds is 3. The molecule has 2 N–H and O–H groups in total. The lowest BCUT2D eigenvalue weighted by Crippen LogP contribution is -2.44. The van der Waals surface area contributed by atoms with Crippen molar-refractivity contribution in [3.63, 3.8) is 0 Å². The molecule has 1 aliphatic heterocycles. The standard InChI is InChI=1S/C11H18N4O2/c1-8-13-10(12-2)5-11(14-8)15-3-4-17-9(6-15)7-16/h5,9,16H,3-4,6-7H2,1-2H3,(H,12,13,14). The third kappa shape index (κ3) is 2.83. The number of ether oxygens (including phenoxy) is 1. The van der Waals surface area contributed by atoms with Gasteiger partial charge in [0.25, 0.3) is 0 Å². The Morgan fingerprint density at radius 2 is 2.41 bits per heavy atom. The second-order valence-electron chi connectivity index (χ2n) is 4.03. The summed E-state index contributed by atoms with van der Waals surface area (Å²) in [6.45, 7) is 3.98. The Bertz CT molecular complexity index is 386. The second kappa shape index (κ2) is 5.29. The predicted octanol–water partition coefficient (Wildman–Crippen LogP) is 0.0242. The fourth-order valence-electron chi connectivity index (χ4n) is 1.88. The van der Waals surface area contributed by atoms with E-state index in [-0.39, 0.29) is 12.7 Å². The van der Waals surface area contributed by atoms with Gasteiger partial charge in [-0.05, 0) is 6.92 Å². The lowest BCUT2D eigenvalue weighted by atomic mass is 10.3. The fraction of sp³-hybridized carbons (Fsp3) is 0.636. The molecule has 6 heteroatoms.